The first-order valence-electron chi connectivity index (χ1n) is 6.81. The van der Waals surface area contributed by atoms with E-state index in [1.807, 2.05) is 38.1 Å². The monoisotopic (exact) mass is 282 g/mol. The molecule has 0 aromatic heterocycles. The fourth-order valence-electron chi connectivity index (χ4n) is 2.15. The molecule has 3 N–H and O–H groups in total. The zero-order valence-electron chi connectivity index (χ0n) is 11.7. The molecule has 0 atom stereocenters. The molecule has 0 saturated heterocycles. The van der Waals surface area contributed by atoms with Gasteiger partial charge >= 0.3 is 0 Å². The van der Waals surface area contributed by atoms with E-state index in [1.54, 1.807) is 0 Å². The lowest BCUT2D eigenvalue weighted by Crippen LogP contribution is -2.45. The molecule has 0 unspecified atom stereocenters. The molecule has 0 heterocycles. The summed E-state index contributed by atoms with van der Waals surface area (Å²) < 4.78 is 0. The normalized spacial score (nSPS) is 11.4. The molecule has 0 aliphatic heterocycles. The van der Waals surface area contributed by atoms with Gasteiger partial charge in [-0.2, -0.15) is 0 Å². The van der Waals surface area contributed by atoms with Crippen molar-refractivity contribution in [3.05, 3.63) is 34.9 Å². The summed E-state index contributed by atoms with van der Waals surface area (Å²) in [5, 5.41) is 3.72. The van der Waals surface area contributed by atoms with E-state index >= 15 is 0 Å². The van der Waals surface area contributed by atoms with Crippen molar-refractivity contribution >= 4 is 17.5 Å². The molecule has 0 saturated carbocycles. The SMILES string of the molecule is CCC(CC)(CN)C(=O)NCCc1ccccc1Cl. The van der Waals surface area contributed by atoms with Gasteiger partial charge in [-0.1, -0.05) is 43.6 Å². The molecule has 0 aliphatic rings. The molecule has 3 nitrogen and oxygen atoms in total. The summed E-state index contributed by atoms with van der Waals surface area (Å²) in [7, 11) is 0. The van der Waals surface area contributed by atoms with Gasteiger partial charge in [-0.25, -0.2) is 0 Å². The van der Waals surface area contributed by atoms with E-state index in [9.17, 15) is 4.79 Å². The maximum absolute atomic E-state index is 12.2. The molecule has 1 aromatic carbocycles. The van der Waals surface area contributed by atoms with E-state index in [-0.39, 0.29) is 5.91 Å². The second kappa shape index (κ2) is 7.51. The van der Waals surface area contributed by atoms with Crippen LogP contribution in [-0.4, -0.2) is 19.0 Å². The highest BCUT2D eigenvalue weighted by Crippen LogP contribution is 2.25. The number of hydrogen-bond donors (Lipinski definition) is 2. The van der Waals surface area contributed by atoms with Crippen LogP contribution in [0.15, 0.2) is 24.3 Å². The smallest absolute Gasteiger partial charge is 0.227 e. The van der Waals surface area contributed by atoms with E-state index in [0.717, 1.165) is 29.8 Å². The summed E-state index contributed by atoms with van der Waals surface area (Å²) in [6.45, 7) is 4.98. The molecular formula is C15H23ClN2O. The van der Waals surface area contributed by atoms with E-state index in [4.69, 9.17) is 17.3 Å². The summed E-state index contributed by atoms with van der Waals surface area (Å²) in [6, 6.07) is 7.69. The Morgan fingerprint density at radius 3 is 2.47 bits per heavy atom. The van der Waals surface area contributed by atoms with Crippen LogP contribution in [0.5, 0.6) is 0 Å². The van der Waals surface area contributed by atoms with Crippen molar-refractivity contribution in [2.75, 3.05) is 13.1 Å². The lowest BCUT2D eigenvalue weighted by Gasteiger charge is -2.28. The van der Waals surface area contributed by atoms with Crippen molar-refractivity contribution in [1.82, 2.24) is 5.32 Å². The topological polar surface area (TPSA) is 55.1 Å². The van der Waals surface area contributed by atoms with E-state index in [0.29, 0.717) is 13.1 Å². The minimum absolute atomic E-state index is 0.0482. The minimum atomic E-state index is -0.430. The van der Waals surface area contributed by atoms with Gasteiger partial charge in [0.25, 0.3) is 0 Å². The molecular weight excluding hydrogens is 260 g/mol. The molecule has 1 rings (SSSR count). The summed E-state index contributed by atoms with van der Waals surface area (Å²) in [6.07, 6.45) is 2.26. The maximum Gasteiger partial charge on any atom is 0.227 e. The van der Waals surface area contributed by atoms with Gasteiger partial charge in [0.15, 0.2) is 0 Å². The Kier molecular flexibility index (Phi) is 6.32. The van der Waals surface area contributed by atoms with Gasteiger partial charge < -0.3 is 11.1 Å². The van der Waals surface area contributed by atoms with Crippen LogP contribution in [0.3, 0.4) is 0 Å². The first-order chi connectivity index (χ1) is 9.09. The zero-order valence-corrected chi connectivity index (χ0v) is 12.5. The molecule has 0 spiro atoms. The van der Waals surface area contributed by atoms with Gasteiger partial charge in [0.1, 0.15) is 0 Å². The van der Waals surface area contributed by atoms with Crippen molar-refractivity contribution in [2.24, 2.45) is 11.1 Å². The highest BCUT2D eigenvalue weighted by Gasteiger charge is 2.32. The molecule has 0 bridgehead atoms. The standard InChI is InChI=1S/C15H23ClN2O/c1-3-15(4-2,11-17)14(19)18-10-9-12-7-5-6-8-13(12)16/h5-8H,3-4,9-11,17H2,1-2H3,(H,18,19). The Hall–Kier alpha value is -1.06. The number of hydrogen-bond acceptors (Lipinski definition) is 2. The first-order valence-corrected chi connectivity index (χ1v) is 7.19. The van der Waals surface area contributed by atoms with Gasteiger partial charge in [-0.05, 0) is 30.9 Å². The number of halogens is 1. The Labute approximate surface area is 120 Å². The van der Waals surface area contributed by atoms with Crippen molar-refractivity contribution in [3.63, 3.8) is 0 Å². The number of nitrogens with one attached hydrogen (secondary N) is 1. The minimum Gasteiger partial charge on any atom is -0.355 e. The zero-order chi connectivity index (χ0) is 14.3. The van der Waals surface area contributed by atoms with Crippen molar-refractivity contribution in [1.29, 1.82) is 0 Å². The largest absolute Gasteiger partial charge is 0.355 e. The van der Waals surface area contributed by atoms with E-state index in [2.05, 4.69) is 5.32 Å². The fraction of sp³-hybridized carbons (Fsp3) is 0.533. The summed E-state index contributed by atoms with van der Waals surface area (Å²) in [4.78, 5) is 12.2. The maximum atomic E-state index is 12.2. The Balaban J connectivity index is 2.53. The first kappa shape index (κ1) is 16.0. The highest BCUT2D eigenvalue weighted by molar-refractivity contribution is 6.31. The van der Waals surface area contributed by atoms with Crippen molar-refractivity contribution in [2.45, 2.75) is 33.1 Å². The van der Waals surface area contributed by atoms with Crippen LogP contribution >= 0.6 is 11.6 Å². The Morgan fingerprint density at radius 2 is 1.95 bits per heavy atom. The van der Waals surface area contributed by atoms with Crippen LogP contribution in [0.4, 0.5) is 0 Å². The molecule has 19 heavy (non-hydrogen) atoms. The number of carbonyl (C=O) groups excluding carboxylic acids is 1. The van der Waals surface area contributed by atoms with Crippen LogP contribution in [0, 0.1) is 5.41 Å². The van der Waals surface area contributed by atoms with Crippen LogP contribution < -0.4 is 11.1 Å². The summed E-state index contributed by atoms with van der Waals surface area (Å²) in [5.74, 6) is 0.0482. The Morgan fingerprint density at radius 1 is 1.32 bits per heavy atom. The van der Waals surface area contributed by atoms with Crippen molar-refractivity contribution < 1.29 is 4.79 Å². The molecule has 1 aromatic rings. The molecule has 0 radical (unpaired) electrons. The predicted octanol–water partition coefficient (Wildman–Crippen LogP) is 2.76. The highest BCUT2D eigenvalue weighted by atomic mass is 35.5. The number of nitrogens with two attached hydrogens (primary N) is 1. The third kappa shape index (κ3) is 3.95. The van der Waals surface area contributed by atoms with Gasteiger partial charge in [0.05, 0.1) is 5.41 Å². The quantitative estimate of drug-likeness (QED) is 0.808. The molecule has 0 fully saturated rings. The number of amides is 1. The van der Waals surface area contributed by atoms with E-state index in [1.165, 1.54) is 0 Å². The van der Waals surface area contributed by atoms with Gasteiger partial charge in [0, 0.05) is 18.1 Å². The Bertz CT molecular complexity index is 408. The number of carbonyl (C=O) groups is 1. The molecule has 106 valence electrons. The lowest BCUT2D eigenvalue weighted by atomic mass is 9.81. The third-order valence-electron chi connectivity index (χ3n) is 3.86. The average Bonchev–Trinajstić information content (AvgIpc) is 2.43. The average molecular weight is 283 g/mol. The lowest BCUT2D eigenvalue weighted by molar-refractivity contribution is -0.131. The van der Waals surface area contributed by atoms with Crippen LogP contribution in [0.2, 0.25) is 5.02 Å². The third-order valence-corrected chi connectivity index (χ3v) is 4.23. The molecule has 4 heteroatoms. The number of benzene rings is 1. The van der Waals surface area contributed by atoms with Crippen LogP contribution in [-0.2, 0) is 11.2 Å². The van der Waals surface area contributed by atoms with Crippen LogP contribution in [0.25, 0.3) is 0 Å². The van der Waals surface area contributed by atoms with Crippen molar-refractivity contribution in [3.8, 4) is 0 Å². The second-order valence-corrected chi connectivity index (χ2v) is 5.20. The molecule has 1 amide bonds. The van der Waals surface area contributed by atoms with Crippen LogP contribution in [0.1, 0.15) is 32.3 Å². The van der Waals surface area contributed by atoms with E-state index < -0.39 is 5.41 Å². The molecule has 0 aliphatic carbocycles. The van der Waals surface area contributed by atoms with Gasteiger partial charge in [-0.15, -0.1) is 0 Å². The predicted molar refractivity (Wildman–Crippen MR) is 80.2 cm³/mol. The van der Waals surface area contributed by atoms with Gasteiger partial charge in [-0.3, -0.25) is 4.79 Å². The fourth-order valence-corrected chi connectivity index (χ4v) is 2.38. The summed E-state index contributed by atoms with van der Waals surface area (Å²) in [5.41, 5.74) is 6.38. The number of rotatable bonds is 7. The second-order valence-electron chi connectivity index (χ2n) is 4.79. The summed E-state index contributed by atoms with van der Waals surface area (Å²) >= 11 is 6.08. The van der Waals surface area contributed by atoms with Gasteiger partial charge in [0.2, 0.25) is 5.91 Å².